The Bertz CT molecular complexity index is 1590. The van der Waals surface area contributed by atoms with Gasteiger partial charge in [0.15, 0.2) is 0 Å². The molecular formula is C37H43F5N6O3. The summed E-state index contributed by atoms with van der Waals surface area (Å²) in [7, 11) is 1.00. The average molecular weight is 715 g/mol. The summed E-state index contributed by atoms with van der Waals surface area (Å²) >= 11 is 0. The van der Waals surface area contributed by atoms with Gasteiger partial charge in [0, 0.05) is 33.3 Å². The molecule has 9 nitrogen and oxygen atoms in total. The molecule has 0 atom stereocenters. The molecule has 2 aromatic heterocycles. The number of amides is 2. The number of aromatic nitrogens is 2. The third-order valence-electron chi connectivity index (χ3n) is 8.82. The van der Waals surface area contributed by atoms with Gasteiger partial charge < -0.3 is 26.8 Å². The largest absolute Gasteiger partial charge is 0.400 e. The number of halogens is 5. The van der Waals surface area contributed by atoms with E-state index < -0.39 is 23.8 Å². The standard InChI is InChI=1S/C18H17F3N2O.C18H19F2N3O.CH4O.H3N/c19-14-3-1-12(2-4-14)11-13-7-9-23(10-8-13)18(24)15-5-6-16(20)22-17(15)21;19-14-3-1-12(2-4-14)11-13-7-9-23(10-8-13)18(24)15-5-6-16(21)22-17(15)20;1-2;/h1-6,13H,7-11H2;1-6,13H,7-11H2,(H2,21,22);2H,1H3;1H3. The molecule has 2 saturated heterocycles. The smallest absolute Gasteiger partial charge is 0.258 e. The summed E-state index contributed by atoms with van der Waals surface area (Å²) in [5.74, 6) is -3.25. The van der Waals surface area contributed by atoms with Crippen LogP contribution in [0.5, 0.6) is 0 Å². The van der Waals surface area contributed by atoms with Gasteiger partial charge in [-0.1, -0.05) is 24.3 Å². The van der Waals surface area contributed by atoms with Crippen molar-refractivity contribution in [3.05, 3.63) is 125 Å². The first-order valence-corrected chi connectivity index (χ1v) is 16.3. The Kier molecular flexibility index (Phi) is 15.4. The lowest BCUT2D eigenvalue weighted by atomic mass is 9.90. The predicted octanol–water partition coefficient (Wildman–Crippen LogP) is 6.40. The van der Waals surface area contributed by atoms with Crippen LogP contribution in [0.25, 0.3) is 0 Å². The second kappa shape index (κ2) is 19.4. The summed E-state index contributed by atoms with van der Waals surface area (Å²) in [5, 5.41) is 7.00. The molecule has 2 fully saturated rings. The highest BCUT2D eigenvalue weighted by Gasteiger charge is 2.27. The number of piperidine rings is 2. The molecule has 2 aliphatic heterocycles. The molecule has 0 unspecified atom stereocenters. The van der Waals surface area contributed by atoms with Crippen molar-refractivity contribution in [3.8, 4) is 0 Å². The quantitative estimate of drug-likeness (QED) is 0.155. The van der Waals surface area contributed by atoms with E-state index in [9.17, 15) is 31.5 Å². The van der Waals surface area contributed by atoms with Gasteiger partial charge in [0.25, 0.3) is 11.8 Å². The van der Waals surface area contributed by atoms with Crippen molar-refractivity contribution in [3.63, 3.8) is 0 Å². The highest BCUT2D eigenvalue weighted by molar-refractivity contribution is 5.94. The van der Waals surface area contributed by atoms with Crippen molar-refractivity contribution in [1.29, 1.82) is 0 Å². The van der Waals surface area contributed by atoms with Gasteiger partial charge >= 0.3 is 0 Å². The summed E-state index contributed by atoms with van der Waals surface area (Å²) < 4.78 is 66.1. The summed E-state index contributed by atoms with van der Waals surface area (Å²) in [6, 6.07) is 17.9. The maximum Gasteiger partial charge on any atom is 0.258 e. The van der Waals surface area contributed by atoms with Crippen LogP contribution in [0.4, 0.5) is 27.8 Å². The molecule has 4 heterocycles. The molecule has 6 N–H and O–H groups in total. The number of aliphatic hydroxyl groups excluding tert-OH is 1. The van der Waals surface area contributed by atoms with Crippen LogP contribution in [-0.4, -0.2) is 70.0 Å². The van der Waals surface area contributed by atoms with Crippen LogP contribution in [0.15, 0.2) is 72.8 Å². The van der Waals surface area contributed by atoms with Crippen LogP contribution >= 0.6 is 0 Å². The maximum atomic E-state index is 13.8. The number of likely N-dealkylation sites (tertiary alicyclic amines) is 2. The van der Waals surface area contributed by atoms with Crippen molar-refractivity contribution in [1.82, 2.24) is 25.9 Å². The van der Waals surface area contributed by atoms with Crippen molar-refractivity contribution < 1.29 is 36.6 Å². The zero-order valence-electron chi connectivity index (χ0n) is 28.4. The van der Waals surface area contributed by atoms with Gasteiger partial charge in [0.2, 0.25) is 17.8 Å². The van der Waals surface area contributed by atoms with E-state index in [2.05, 4.69) is 9.97 Å². The number of nitrogens with zero attached hydrogens (tertiary/aromatic N) is 4. The van der Waals surface area contributed by atoms with Crippen molar-refractivity contribution in [2.45, 2.75) is 38.5 Å². The lowest BCUT2D eigenvalue weighted by Crippen LogP contribution is -2.39. The fourth-order valence-corrected chi connectivity index (χ4v) is 6.11. The lowest BCUT2D eigenvalue weighted by Gasteiger charge is -2.32. The second-order valence-corrected chi connectivity index (χ2v) is 12.2. The molecule has 2 aliphatic rings. The Morgan fingerprint density at radius 3 is 1.37 bits per heavy atom. The third kappa shape index (κ3) is 11.5. The SMILES string of the molecule is CO.N.Nc1ccc(C(=O)N2CCC(Cc3ccc(F)cc3)CC2)c(F)n1.O=C(c1ccc(F)nc1F)N1CCC(Cc2ccc(F)cc2)CC1. The maximum absolute atomic E-state index is 13.8. The summed E-state index contributed by atoms with van der Waals surface area (Å²) in [4.78, 5) is 34.5. The summed E-state index contributed by atoms with van der Waals surface area (Å²) in [6.45, 7) is 2.19. The van der Waals surface area contributed by atoms with E-state index in [0.717, 1.165) is 68.9 Å². The number of nitrogens with two attached hydrogens (primary N) is 1. The molecule has 274 valence electrons. The summed E-state index contributed by atoms with van der Waals surface area (Å²) in [6.07, 6.45) is 4.95. The van der Waals surface area contributed by atoms with Crippen LogP contribution in [0, 0.1) is 41.3 Å². The number of nitrogen functional groups attached to an aromatic ring is 1. The number of hydrogen-bond acceptors (Lipinski definition) is 7. The highest BCUT2D eigenvalue weighted by Crippen LogP contribution is 2.25. The molecule has 0 radical (unpaired) electrons. The molecule has 2 amide bonds. The summed E-state index contributed by atoms with van der Waals surface area (Å²) in [5.41, 5.74) is 7.32. The van der Waals surface area contributed by atoms with Crippen LogP contribution < -0.4 is 11.9 Å². The molecule has 0 saturated carbocycles. The Morgan fingerprint density at radius 2 is 1.00 bits per heavy atom. The van der Waals surface area contributed by atoms with Gasteiger partial charge in [0.05, 0.1) is 11.1 Å². The number of anilines is 1. The van der Waals surface area contributed by atoms with E-state index in [1.807, 2.05) is 0 Å². The van der Waals surface area contributed by atoms with Crippen molar-refractivity contribution in [2.75, 3.05) is 39.0 Å². The van der Waals surface area contributed by atoms with Gasteiger partial charge in [-0.25, -0.2) is 13.8 Å². The zero-order chi connectivity index (χ0) is 36.2. The van der Waals surface area contributed by atoms with E-state index in [4.69, 9.17) is 10.8 Å². The fourth-order valence-electron chi connectivity index (χ4n) is 6.11. The van der Waals surface area contributed by atoms with E-state index in [1.165, 1.54) is 36.4 Å². The van der Waals surface area contributed by atoms with Gasteiger partial charge in [-0.15, -0.1) is 0 Å². The monoisotopic (exact) mass is 714 g/mol. The normalized spacial score (nSPS) is 14.7. The van der Waals surface area contributed by atoms with Crippen molar-refractivity contribution >= 4 is 17.6 Å². The van der Waals surface area contributed by atoms with E-state index >= 15 is 0 Å². The minimum atomic E-state index is -1.08. The number of pyridine rings is 2. The number of hydrogen-bond donors (Lipinski definition) is 3. The minimum Gasteiger partial charge on any atom is -0.400 e. The first kappa shape index (κ1) is 40.5. The topological polar surface area (TPSA) is 148 Å². The number of aliphatic hydroxyl groups is 1. The van der Waals surface area contributed by atoms with Crippen LogP contribution in [-0.2, 0) is 12.8 Å². The molecule has 6 rings (SSSR count). The zero-order valence-corrected chi connectivity index (χ0v) is 28.4. The molecule has 2 aromatic carbocycles. The second-order valence-electron chi connectivity index (χ2n) is 12.2. The predicted molar refractivity (Wildman–Crippen MR) is 183 cm³/mol. The molecular weight excluding hydrogens is 671 g/mol. The molecule has 51 heavy (non-hydrogen) atoms. The Hall–Kier alpha value is -4.95. The van der Waals surface area contributed by atoms with Gasteiger partial charge in [-0.3, -0.25) is 9.59 Å². The number of benzene rings is 2. The van der Waals surface area contributed by atoms with Gasteiger partial charge in [-0.2, -0.15) is 18.2 Å². The molecule has 14 heteroatoms. The highest BCUT2D eigenvalue weighted by atomic mass is 19.1. The lowest BCUT2D eigenvalue weighted by molar-refractivity contribution is 0.0676. The van der Waals surface area contributed by atoms with E-state index in [0.29, 0.717) is 38.0 Å². The fraction of sp³-hybridized carbons (Fsp3) is 0.351. The van der Waals surface area contributed by atoms with Gasteiger partial charge in [-0.05, 0) is 110 Å². The Balaban J connectivity index is 0.000000258. The minimum absolute atomic E-state index is 0. The molecule has 0 spiro atoms. The first-order valence-electron chi connectivity index (χ1n) is 16.3. The molecule has 0 aliphatic carbocycles. The van der Waals surface area contributed by atoms with Crippen LogP contribution in [0.3, 0.4) is 0 Å². The molecule has 4 aromatic rings. The molecule has 0 bridgehead atoms. The average Bonchev–Trinajstić information content (AvgIpc) is 3.12. The van der Waals surface area contributed by atoms with Gasteiger partial charge in [0.1, 0.15) is 17.5 Å². The van der Waals surface area contributed by atoms with E-state index in [-0.39, 0.29) is 40.6 Å². The third-order valence-corrected chi connectivity index (χ3v) is 8.82. The Labute approximate surface area is 293 Å². The van der Waals surface area contributed by atoms with Crippen LogP contribution in [0.2, 0.25) is 0 Å². The van der Waals surface area contributed by atoms with Crippen LogP contribution in [0.1, 0.15) is 57.5 Å². The number of carbonyl (C=O) groups excluding carboxylic acids is 2. The van der Waals surface area contributed by atoms with Crippen molar-refractivity contribution in [2.24, 2.45) is 11.8 Å². The Morgan fingerprint density at radius 1 is 0.627 bits per heavy atom. The number of carbonyl (C=O) groups is 2. The van der Waals surface area contributed by atoms with E-state index in [1.54, 1.807) is 34.1 Å². The number of rotatable bonds is 6. The first-order chi connectivity index (χ1) is 24.0.